The number of H-pyrrole nitrogens is 1. The van der Waals surface area contributed by atoms with Gasteiger partial charge in [0.25, 0.3) is 0 Å². The van der Waals surface area contributed by atoms with Gasteiger partial charge in [-0.15, -0.1) is 0 Å². The molecule has 2 heterocycles. The van der Waals surface area contributed by atoms with Crippen molar-refractivity contribution in [3.8, 4) is 0 Å². The lowest BCUT2D eigenvalue weighted by Crippen LogP contribution is -2.56. The molecular formula is C15H26N4O. The van der Waals surface area contributed by atoms with Crippen LogP contribution in [0.2, 0.25) is 0 Å². The Morgan fingerprint density at radius 1 is 1.30 bits per heavy atom. The van der Waals surface area contributed by atoms with Gasteiger partial charge in [0.1, 0.15) is 5.82 Å². The topological polar surface area (TPSA) is 55.4 Å². The number of aliphatic hydroxyl groups is 1. The average Bonchev–Trinajstić information content (AvgIpc) is 3.12. The summed E-state index contributed by atoms with van der Waals surface area (Å²) in [6.07, 6.45) is 10.0. The third-order valence-electron chi connectivity index (χ3n) is 4.80. The first-order valence-electron chi connectivity index (χ1n) is 7.94. The van der Waals surface area contributed by atoms with Crippen LogP contribution in [0.15, 0.2) is 12.4 Å². The van der Waals surface area contributed by atoms with Crippen LogP contribution in [0.4, 0.5) is 0 Å². The highest BCUT2D eigenvalue weighted by molar-refractivity contribution is 4.92. The molecule has 0 bridgehead atoms. The number of aliphatic hydroxyl groups excluding tert-OH is 1. The molecule has 0 aromatic carbocycles. The molecule has 20 heavy (non-hydrogen) atoms. The molecule has 1 aromatic rings. The molecule has 1 saturated carbocycles. The van der Waals surface area contributed by atoms with Crippen LogP contribution in [-0.2, 0) is 6.54 Å². The molecule has 1 atom stereocenters. The summed E-state index contributed by atoms with van der Waals surface area (Å²) in [5.74, 6) is 1.04. The largest absolute Gasteiger partial charge is 0.396 e. The molecule has 2 fully saturated rings. The van der Waals surface area contributed by atoms with E-state index >= 15 is 0 Å². The minimum Gasteiger partial charge on any atom is -0.396 e. The molecule has 0 unspecified atom stereocenters. The molecular weight excluding hydrogens is 252 g/mol. The summed E-state index contributed by atoms with van der Waals surface area (Å²) in [7, 11) is 0. The summed E-state index contributed by atoms with van der Waals surface area (Å²) in [5.41, 5.74) is 0. The van der Waals surface area contributed by atoms with Gasteiger partial charge < -0.3 is 10.1 Å². The van der Waals surface area contributed by atoms with Crippen molar-refractivity contribution in [2.75, 3.05) is 26.2 Å². The summed E-state index contributed by atoms with van der Waals surface area (Å²) in [5, 5.41) is 9.36. The van der Waals surface area contributed by atoms with Crippen molar-refractivity contribution in [2.45, 2.75) is 50.7 Å². The van der Waals surface area contributed by atoms with E-state index in [1.54, 1.807) is 0 Å². The molecule has 0 radical (unpaired) electrons. The van der Waals surface area contributed by atoms with Crippen LogP contribution in [-0.4, -0.2) is 63.2 Å². The molecule has 5 heteroatoms. The van der Waals surface area contributed by atoms with E-state index in [1.807, 2.05) is 12.4 Å². The van der Waals surface area contributed by atoms with E-state index in [0.717, 1.165) is 44.5 Å². The molecule has 0 spiro atoms. The highest BCUT2D eigenvalue weighted by atomic mass is 16.3. The lowest BCUT2D eigenvalue weighted by atomic mass is 10.0. The number of piperazine rings is 1. The molecule has 1 aliphatic carbocycles. The van der Waals surface area contributed by atoms with Gasteiger partial charge in [0, 0.05) is 50.7 Å². The Kier molecular flexibility index (Phi) is 4.70. The number of nitrogens with zero attached hydrogens (tertiary/aromatic N) is 3. The predicted molar refractivity (Wildman–Crippen MR) is 78.3 cm³/mol. The average molecular weight is 278 g/mol. The molecule has 1 saturated heterocycles. The monoisotopic (exact) mass is 278 g/mol. The van der Waals surface area contributed by atoms with E-state index in [-0.39, 0.29) is 0 Å². The van der Waals surface area contributed by atoms with E-state index in [1.165, 1.54) is 25.7 Å². The van der Waals surface area contributed by atoms with Gasteiger partial charge in [-0.3, -0.25) is 9.80 Å². The third-order valence-corrected chi connectivity index (χ3v) is 4.80. The number of aromatic amines is 1. The molecule has 1 aliphatic heterocycles. The van der Waals surface area contributed by atoms with Crippen molar-refractivity contribution in [1.82, 2.24) is 19.8 Å². The van der Waals surface area contributed by atoms with Gasteiger partial charge >= 0.3 is 0 Å². The SMILES string of the molecule is OCC[C@@H]1CN(Cc2ncc[nH]2)CCN1C1CCCC1. The van der Waals surface area contributed by atoms with Gasteiger partial charge in [-0.2, -0.15) is 0 Å². The van der Waals surface area contributed by atoms with Crippen molar-refractivity contribution in [1.29, 1.82) is 0 Å². The second-order valence-electron chi connectivity index (χ2n) is 6.11. The number of rotatable bonds is 5. The lowest BCUT2D eigenvalue weighted by molar-refractivity contribution is 0.0258. The van der Waals surface area contributed by atoms with Gasteiger partial charge in [0.05, 0.1) is 6.54 Å². The van der Waals surface area contributed by atoms with Crippen LogP contribution in [0.5, 0.6) is 0 Å². The molecule has 1 aromatic heterocycles. The van der Waals surface area contributed by atoms with Crippen molar-refractivity contribution >= 4 is 0 Å². The van der Waals surface area contributed by atoms with Crippen molar-refractivity contribution < 1.29 is 5.11 Å². The normalized spacial score (nSPS) is 26.4. The van der Waals surface area contributed by atoms with E-state index in [0.29, 0.717) is 12.6 Å². The van der Waals surface area contributed by atoms with Gasteiger partial charge in [-0.25, -0.2) is 4.98 Å². The first-order valence-corrected chi connectivity index (χ1v) is 7.94. The maximum atomic E-state index is 9.36. The summed E-state index contributed by atoms with van der Waals surface area (Å²) in [4.78, 5) is 12.6. The first kappa shape index (κ1) is 14.0. The van der Waals surface area contributed by atoms with Crippen molar-refractivity contribution in [2.24, 2.45) is 0 Å². The fourth-order valence-corrected chi connectivity index (χ4v) is 3.80. The lowest BCUT2D eigenvalue weighted by Gasteiger charge is -2.44. The second-order valence-corrected chi connectivity index (χ2v) is 6.11. The number of aromatic nitrogens is 2. The Balaban J connectivity index is 1.59. The summed E-state index contributed by atoms with van der Waals surface area (Å²) < 4.78 is 0. The summed E-state index contributed by atoms with van der Waals surface area (Å²) in [6.45, 7) is 4.49. The highest BCUT2D eigenvalue weighted by Crippen LogP contribution is 2.28. The fraction of sp³-hybridized carbons (Fsp3) is 0.800. The zero-order valence-corrected chi connectivity index (χ0v) is 12.2. The Morgan fingerprint density at radius 2 is 2.15 bits per heavy atom. The number of hydrogen-bond acceptors (Lipinski definition) is 4. The van der Waals surface area contributed by atoms with Crippen molar-refractivity contribution in [3.05, 3.63) is 18.2 Å². The molecule has 0 amide bonds. The minimum atomic E-state index is 0.294. The van der Waals surface area contributed by atoms with Crippen LogP contribution in [0.25, 0.3) is 0 Å². The van der Waals surface area contributed by atoms with Gasteiger partial charge in [-0.1, -0.05) is 12.8 Å². The van der Waals surface area contributed by atoms with Crippen molar-refractivity contribution in [3.63, 3.8) is 0 Å². The smallest absolute Gasteiger partial charge is 0.120 e. The molecule has 2 N–H and O–H groups in total. The second kappa shape index (κ2) is 6.70. The minimum absolute atomic E-state index is 0.294. The van der Waals surface area contributed by atoms with Gasteiger partial charge in [-0.05, 0) is 19.3 Å². The van der Waals surface area contributed by atoms with Gasteiger partial charge in [0.15, 0.2) is 0 Å². The first-order chi connectivity index (χ1) is 9.86. The Bertz CT molecular complexity index is 389. The van der Waals surface area contributed by atoms with Crippen LogP contribution in [0.1, 0.15) is 37.9 Å². The van der Waals surface area contributed by atoms with Gasteiger partial charge in [0.2, 0.25) is 0 Å². The number of hydrogen-bond donors (Lipinski definition) is 2. The van der Waals surface area contributed by atoms with E-state index in [9.17, 15) is 5.11 Å². The van der Waals surface area contributed by atoms with Crippen LogP contribution >= 0.6 is 0 Å². The maximum Gasteiger partial charge on any atom is 0.120 e. The molecule has 2 aliphatic rings. The Hall–Kier alpha value is -0.910. The molecule has 112 valence electrons. The fourth-order valence-electron chi connectivity index (χ4n) is 3.80. The third kappa shape index (κ3) is 3.22. The highest BCUT2D eigenvalue weighted by Gasteiger charge is 2.32. The Morgan fingerprint density at radius 3 is 2.85 bits per heavy atom. The van der Waals surface area contributed by atoms with E-state index in [2.05, 4.69) is 19.8 Å². The van der Waals surface area contributed by atoms with Crippen LogP contribution < -0.4 is 0 Å². The zero-order valence-electron chi connectivity index (χ0n) is 12.2. The molecule has 3 rings (SSSR count). The molecule has 5 nitrogen and oxygen atoms in total. The van der Waals surface area contributed by atoms with E-state index < -0.39 is 0 Å². The zero-order chi connectivity index (χ0) is 13.8. The van der Waals surface area contributed by atoms with E-state index in [4.69, 9.17) is 0 Å². The maximum absolute atomic E-state index is 9.36. The summed E-state index contributed by atoms with van der Waals surface area (Å²) >= 11 is 0. The van der Waals surface area contributed by atoms with Crippen LogP contribution in [0, 0.1) is 0 Å². The van der Waals surface area contributed by atoms with Crippen LogP contribution in [0.3, 0.4) is 0 Å². The number of nitrogens with one attached hydrogen (secondary N) is 1. The quantitative estimate of drug-likeness (QED) is 0.850. The number of imidazole rings is 1. The predicted octanol–water partition coefficient (Wildman–Crippen LogP) is 1.22. The Labute approximate surface area is 121 Å². The standard InChI is InChI=1S/C15H26N4O/c20-10-5-14-11-18(12-15-16-6-7-17-15)8-9-19(14)13-3-1-2-4-13/h6-7,13-14,20H,1-5,8-12H2,(H,16,17)/t14-/m1/s1. The summed E-state index contributed by atoms with van der Waals surface area (Å²) in [6, 6.07) is 1.27.